The van der Waals surface area contributed by atoms with E-state index in [2.05, 4.69) is 31.9 Å². The quantitative estimate of drug-likeness (QED) is 0.670. The maximum atomic E-state index is 13.8. The van der Waals surface area contributed by atoms with Crippen molar-refractivity contribution in [3.05, 3.63) is 67.1 Å². The average molecular weight is 412 g/mol. The fourth-order valence-corrected chi connectivity index (χ4v) is 2.57. The highest BCUT2D eigenvalue weighted by Crippen LogP contribution is 2.35. The van der Waals surface area contributed by atoms with Crippen LogP contribution in [0.3, 0.4) is 0 Å². The minimum atomic E-state index is -1.34. The van der Waals surface area contributed by atoms with Crippen molar-refractivity contribution in [3.63, 3.8) is 0 Å². The van der Waals surface area contributed by atoms with E-state index in [4.69, 9.17) is 11.6 Å². The van der Waals surface area contributed by atoms with Crippen molar-refractivity contribution in [2.24, 2.45) is 0 Å². The summed E-state index contributed by atoms with van der Waals surface area (Å²) >= 11 is 12.1. The summed E-state index contributed by atoms with van der Waals surface area (Å²) in [5.74, 6) is -1.36. The summed E-state index contributed by atoms with van der Waals surface area (Å²) < 4.78 is 27.8. The number of aliphatic hydroxyl groups excluding tert-OH is 1. The monoisotopic (exact) mass is 410 g/mol. The highest BCUT2D eigenvalue weighted by atomic mass is 79.9. The van der Waals surface area contributed by atoms with Gasteiger partial charge in [0.2, 0.25) is 0 Å². The molecule has 1 atom stereocenters. The first-order valence-corrected chi connectivity index (χ1v) is 7.14. The van der Waals surface area contributed by atoms with Gasteiger partial charge in [-0.3, -0.25) is 0 Å². The van der Waals surface area contributed by atoms with Gasteiger partial charge in [-0.25, -0.2) is 8.78 Å². The van der Waals surface area contributed by atoms with Crippen molar-refractivity contribution in [1.29, 1.82) is 0 Å². The summed E-state index contributed by atoms with van der Waals surface area (Å²) in [5.41, 5.74) is 0.136. The number of aliphatic hydroxyl groups is 1. The van der Waals surface area contributed by atoms with Crippen LogP contribution in [0.15, 0.2) is 39.3 Å². The van der Waals surface area contributed by atoms with Crippen LogP contribution in [0.2, 0.25) is 5.02 Å². The molecular formula is C13H7Br2ClF2O. The SMILES string of the molecule is OC(c1cc(F)c(Br)cc1F)c1cccc(Br)c1Cl. The number of benzene rings is 2. The molecule has 2 aromatic carbocycles. The molecule has 0 amide bonds. The van der Waals surface area contributed by atoms with Crippen LogP contribution in [-0.2, 0) is 0 Å². The van der Waals surface area contributed by atoms with E-state index >= 15 is 0 Å². The Morgan fingerprint density at radius 3 is 2.37 bits per heavy atom. The zero-order valence-electron chi connectivity index (χ0n) is 9.30. The first-order valence-electron chi connectivity index (χ1n) is 5.18. The highest BCUT2D eigenvalue weighted by Gasteiger charge is 2.20. The van der Waals surface area contributed by atoms with Crippen LogP contribution in [0.25, 0.3) is 0 Å². The molecule has 0 heterocycles. The lowest BCUT2D eigenvalue weighted by molar-refractivity contribution is 0.214. The lowest BCUT2D eigenvalue weighted by Crippen LogP contribution is -2.04. The van der Waals surface area contributed by atoms with E-state index in [0.29, 0.717) is 10.0 Å². The Bertz CT molecular complexity index is 634. The predicted molar refractivity (Wildman–Crippen MR) is 77.3 cm³/mol. The Morgan fingerprint density at radius 2 is 1.68 bits per heavy atom. The maximum Gasteiger partial charge on any atom is 0.137 e. The van der Waals surface area contributed by atoms with Gasteiger partial charge in [-0.2, -0.15) is 0 Å². The van der Waals surface area contributed by atoms with Crippen LogP contribution in [0.1, 0.15) is 17.2 Å². The molecule has 1 nitrogen and oxygen atoms in total. The second-order valence-corrected chi connectivity index (χ2v) is 5.92. The van der Waals surface area contributed by atoms with E-state index in [9.17, 15) is 13.9 Å². The van der Waals surface area contributed by atoms with Crippen LogP contribution < -0.4 is 0 Å². The smallest absolute Gasteiger partial charge is 0.137 e. The molecule has 1 unspecified atom stereocenters. The van der Waals surface area contributed by atoms with Gasteiger partial charge in [-0.1, -0.05) is 23.7 Å². The molecule has 2 rings (SSSR count). The molecule has 0 radical (unpaired) electrons. The summed E-state index contributed by atoms with van der Waals surface area (Å²) in [4.78, 5) is 0. The molecule has 0 saturated carbocycles. The second-order valence-electron chi connectivity index (χ2n) is 3.83. The fraction of sp³-hybridized carbons (Fsp3) is 0.0769. The van der Waals surface area contributed by atoms with Gasteiger partial charge >= 0.3 is 0 Å². The first-order chi connectivity index (χ1) is 8.91. The molecule has 0 aliphatic rings. The van der Waals surface area contributed by atoms with Crippen molar-refractivity contribution < 1.29 is 13.9 Å². The van der Waals surface area contributed by atoms with Crippen molar-refractivity contribution >= 4 is 43.5 Å². The molecule has 0 saturated heterocycles. The van der Waals surface area contributed by atoms with E-state index in [1.807, 2.05) is 0 Å². The van der Waals surface area contributed by atoms with Gasteiger partial charge in [0.25, 0.3) is 0 Å². The molecular weight excluding hydrogens is 405 g/mol. The Balaban J connectivity index is 2.53. The van der Waals surface area contributed by atoms with Gasteiger partial charge < -0.3 is 5.11 Å². The molecule has 100 valence electrons. The van der Waals surface area contributed by atoms with Crippen LogP contribution in [-0.4, -0.2) is 5.11 Å². The number of hydrogen-bond donors (Lipinski definition) is 1. The molecule has 2 aromatic rings. The van der Waals surface area contributed by atoms with E-state index in [-0.39, 0.29) is 15.1 Å². The number of hydrogen-bond acceptors (Lipinski definition) is 1. The minimum absolute atomic E-state index is 0.00119. The van der Waals surface area contributed by atoms with Gasteiger partial charge in [-0.05, 0) is 50.1 Å². The fourth-order valence-electron chi connectivity index (χ4n) is 1.65. The van der Waals surface area contributed by atoms with Crippen molar-refractivity contribution in [2.45, 2.75) is 6.10 Å². The van der Waals surface area contributed by atoms with Crippen LogP contribution in [0.4, 0.5) is 8.78 Å². The average Bonchev–Trinajstić information content (AvgIpc) is 2.36. The van der Waals surface area contributed by atoms with Gasteiger partial charge in [0.1, 0.15) is 17.7 Å². The predicted octanol–water partition coefficient (Wildman–Crippen LogP) is 5.22. The lowest BCUT2D eigenvalue weighted by atomic mass is 10.0. The van der Waals surface area contributed by atoms with Crippen molar-refractivity contribution in [3.8, 4) is 0 Å². The molecule has 0 aliphatic carbocycles. The zero-order valence-corrected chi connectivity index (χ0v) is 13.2. The van der Waals surface area contributed by atoms with Crippen LogP contribution in [0.5, 0.6) is 0 Å². The van der Waals surface area contributed by atoms with E-state index < -0.39 is 17.7 Å². The molecule has 0 aromatic heterocycles. The van der Waals surface area contributed by atoms with Gasteiger partial charge in [0.15, 0.2) is 0 Å². The Kier molecular flexibility index (Phi) is 4.61. The van der Waals surface area contributed by atoms with Crippen molar-refractivity contribution in [2.75, 3.05) is 0 Å². The second kappa shape index (κ2) is 5.87. The lowest BCUT2D eigenvalue weighted by Gasteiger charge is -2.15. The highest BCUT2D eigenvalue weighted by molar-refractivity contribution is 9.10. The summed E-state index contributed by atoms with van der Waals surface area (Å²) in [7, 11) is 0. The van der Waals surface area contributed by atoms with Crippen LogP contribution >= 0.6 is 43.5 Å². The number of halogens is 5. The Hall–Kier alpha value is -0.490. The summed E-state index contributed by atoms with van der Waals surface area (Å²) in [5, 5.41) is 10.4. The first kappa shape index (κ1) is 14.9. The third-order valence-corrected chi connectivity index (χ3v) is 4.53. The topological polar surface area (TPSA) is 20.2 Å². The molecule has 0 bridgehead atoms. The largest absolute Gasteiger partial charge is 0.383 e. The summed E-state index contributed by atoms with van der Waals surface area (Å²) in [6.45, 7) is 0. The molecule has 0 aliphatic heterocycles. The molecule has 6 heteroatoms. The zero-order chi connectivity index (χ0) is 14.2. The Morgan fingerprint density at radius 1 is 1.00 bits per heavy atom. The van der Waals surface area contributed by atoms with E-state index in [1.54, 1.807) is 18.2 Å². The Labute approximate surface area is 130 Å². The summed E-state index contributed by atoms with van der Waals surface area (Å²) in [6.07, 6.45) is -1.34. The summed E-state index contributed by atoms with van der Waals surface area (Å²) in [6, 6.07) is 6.82. The third kappa shape index (κ3) is 2.99. The molecule has 0 fully saturated rings. The van der Waals surface area contributed by atoms with Gasteiger partial charge in [0, 0.05) is 15.6 Å². The van der Waals surface area contributed by atoms with Crippen LogP contribution in [0, 0.1) is 11.6 Å². The number of rotatable bonds is 2. The third-order valence-electron chi connectivity index (χ3n) is 2.61. The minimum Gasteiger partial charge on any atom is -0.383 e. The normalized spacial score (nSPS) is 12.5. The van der Waals surface area contributed by atoms with Gasteiger partial charge in [0.05, 0.1) is 9.50 Å². The van der Waals surface area contributed by atoms with Gasteiger partial charge in [-0.15, -0.1) is 0 Å². The standard InChI is InChI=1S/C13H7Br2ClF2O/c14-8-3-1-2-6(12(8)16)13(19)7-4-11(18)9(15)5-10(7)17/h1-5,13,19H. The maximum absolute atomic E-state index is 13.8. The van der Waals surface area contributed by atoms with E-state index in [0.717, 1.165) is 12.1 Å². The molecule has 1 N–H and O–H groups in total. The molecule has 0 spiro atoms. The molecule has 19 heavy (non-hydrogen) atoms. The van der Waals surface area contributed by atoms with E-state index in [1.165, 1.54) is 0 Å². The van der Waals surface area contributed by atoms with Crippen molar-refractivity contribution in [1.82, 2.24) is 0 Å².